The highest BCUT2D eigenvalue weighted by Gasteiger charge is 2.31. The highest BCUT2D eigenvalue weighted by atomic mass is 79.9. The van der Waals surface area contributed by atoms with E-state index in [0.29, 0.717) is 11.8 Å². The van der Waals surface area contributed by atoms with Crippen LogP contribution in [0.5, 0.6) is 0 Å². The van der Waals surface area contributed by atoms with E-state index in [9.17, 15) is 9.90 Å². The summed E-state index contributed by atoms with van der Waals surface area (Å²) >= 11 is 5.21. The predicted molar refractivity (Wildman–Crippen MR) is 94.0 cm³/mol. The molecule has 1 fully saturated rings. The minimum absolute atomic E-state index is 0.228. The maximum Gasteiger partial charge on any atom is 0.356 e. The van der Waals surface area contributed by atoms with Crippen LogP contribution in [0.4, 0.5) is 0 Å². The van der Waals surface area contributed by atoms with Crippen molar-refractivity contribution in [3.8, 4) is 11.3 Å². The zero-order valence-electron chi connectivity index (χ0n) is 12.6. The molecular formula is C17H17BrN2O2S. The number of thioether (sulfide) groups is 1. The predicted octanol–water partition coefficient (Wildman–Crippen LogP) is 5.12. The van der Waals surface area contributed by atoms with Gasteiger partial charge in [0.2, 0.25) is 0 Å². The van der Waals surface area contributed by atoms with Crippen molar-refractivity contribution in [2.24, 2.45) is 0 Å². The number of halogens is 1. The summed E-state index contributed by atoms with van der Waals surface area (Å²) in [7, 11) is 0. The van der Waals surface area contributed by atoms with Crippen LogP contribution in [0.15, 0.2) is 27.6 Å². The van der Waals surface area contributed by atoms with E-state index in [0.717, 1.165) is 34.1 Å². The average Bonchev–Trinajstić information content (AvgIpc) is 2.95. The van der Waals surface area contributed by atoms with Gasteiger partial charge in [0.15, 0.2) is 5.69 Å². The quantitative estimate of drug-likeness (QED) is 0.769. The minimum atomic E-state index is -0.919. The van der Waals surface area contributed by atoms with Gasteiger partial charge in [-0.15, -0.1) is 11.8 Å². The second kappa shape index (κ2) is 5.98. The second-order valence-corrected chi connectivity index (χ2v) is 8.08. The lowest BCUT2D eigenvalue weighted by atomic mass is 9.95. The van der Waals surface area contributed by atoms with Gasteiger partial charge in [0.05, 0.1) is 11.7 Å². The lowest BCUT2D eigenvalue weighted by molar-refractivity contribution is 0.0688. The van der Waals surface area contributed by atoms with Crippen LogP contribution in [0.2, 0.25) is 0 Å². The van der Waals surface area contributed by atoms with Gasteiger partial charge < -0.3 is 5.11 Å². The fourth-order valence-electron chi connectivity index (χ4n) is 3.61. The molecule has 0 unspecified atom stereocenters. The minimum Gasteiger partial charge on any atom is -0.476 e. The highest BCUT2D eigenvalue weighted by Crippen LogP contribution is 2.45. The number of hydrogen-bond acceptors (Lipinski definition) is 3. The molecule has 6 heteroatoms. The van der Waals surface area contributed by atoms with Crippen LogP contribution < -0.4 is 0 Å². The van der Waals surface area contributed by atoms with Crippen LogP contribution in [-0.4, -0.2) is 20.9 Å². The van der Waals surface area contributed by atoms with E-state index in [-0.39, 0.29) is 5.69 Å². The smallest absolute Gasteiger partial charge is 0.356 e. The van der Waals surface area contributed by atoms with E-state index >= 15 is 0 Å². The van der Waals surface area contributed by atoms with Crippen LogP contribution in [0.25, 0.3) is 11.3 Å². The number of carbonyl (C=O) groups is 1. The summed E-state index contributed by atoms with van der Waals surface area (Å²) in [5.41, 5.74) is 3.25. The van der Waals surface area contributed by atoms with E-state index in [1.165, 1.54) is 24.2 Å². The molecule has 120 valence electrons. The number of aromatic nitrogens is 2. The third kappa shape index (κ3) is 2.62. The first kappa shape index (κ1) is 15.3. The van der Waals surface area contributed by atoms with Gasteiger partial charge in [-0.25, -0.2) is 4.79 Å². The summed E-state index contributed by atoms with van der Waals surface area (Å²) in [6.45, 7) is 0. The Morgan fingerprint density at radius 1 is 1.30 bits per heavy atom. The fraction of sp³-hybridized carbons (Fsp3) is 0.412. The molecule has 0 amide bonds. The van der Waals surface area contributed by atoms with E-state index in [1.54, 1.807) is 11.8 Å². The van der Waals surface area contributed by atoms with E-state index < -0.39 is 5.97 Å². The van der Waals surface area contributed by atoms with Gasteiger partial charge in [-0.05, 0) is 25.0 Å². The highest BCUT2D eigenvalue weighted by molar-refractivity contribution is 9.10. The second-order valence-electron chi connectivity index (χ2n) is 6.15. The number of aromatic carboxylic acids is 1. The molecule has 1 aliphatic heterocycles. The van der Waals surface area contributed by atoms with Crippen molar-refractivity contribution >= 4 is 33.7 Å². The van der Waals surface area contributed by atoms with E-state index in [2.05, 4.69) is 33.2 Å². The molecule has 1 saturated carbocycles. The summed E-state index contributed by atoms with van der Waals surface area (Å²) in [5.74, 6) is -0.246. The Morgan fingerprint density at radius 3 is 2.83 bits per heavy atom. The maximum atomic E-state index is 11.6. The van der Waals surface area contributed by atoms with Crippen molar-refractivity contribution in [1.29, 1.82) is 0 Å². The Kier molecular flexibility index (Phi) is 3.97. The average molecular weight is 393 g/mol. The van der Waals surface area contributed by atoms with Crippen LogP contribution >= 0.6 is 27.7 Å². The van der Waals surface area contributed by atoms with Crippen LogP contribution in [0, 0.1) is 0 Å². The number of rotatable bonds is 2. The molecule has 23 heavy (non-hydrogen) atoms. The number of carboxylic acid groups (broad SMARTS) is 1. The van der Waals surface area contributed by atoms with Crippen molar-refractivity contribution in [3.05, 3.63) is 33.9 Å². The van der Waals surface area contributed by atoms with Crippen molar-refractivity contribution in [2.45, 2.75) is 48.8 Å². The van der Waals surface area contributed by atoms with Crippen molar-refractivity contribution < 1.29 is 9.90 Å². The zero-order chi connectivity index (χ0) is 16.0. The summed E-state index contributed by atoms with van der Waals surface area (Å²) in [6.07, 6.45) is 5.84. The van der Waals surface area contributed by atoms with Crippen molar-refractivity contribution in [3.63, 3.8) is 0 Å². The lowest BCUT2D eigenvalue weighted by Crippen LogP contribution is -2.16. The van der Waals surface area contributed by atoms with Gasteiger partial charge >= 0.3 is 5.97 Å². The monoisotopic (exact) mass is 392 g/mol. The normalized spacial score (nSPS) is 17.6. The molecule has 1 aromatic heterocycles. The molecule has 1 aliphatic carbocycles. The van der Waals surface area contributed by atoms with Crippen molar-refractivity contribution in [2.75, 3.05) is 0 Å². The topological polar surface area (TPSA) is 55.1 Å². The SMILES string of the molecule is O=C(O)c1nn(C2CCCCC2)c2c1CSc1cc(Br)ccc1-2. The number of nitrogens with zero attached hydrogens (tertiary/aromatic N) is 2. The van der Waals surface area contributed by atoms with Gasteiger partial charge in [0.1, 0.15) is 0 Å². The first-order valence-corrected chi connectivity index (χ1v) is 9.70. The zero-order valence-corrected chi connectivity index (χ0v) is 15.0. The van der Waals surface area contributed by atoms with Crippen molar-refractivity contribution in [1.82, 2.24) is 9.78 Å². The van der Waals surface area contributed by atoms with Gasteiger partial charge in [-0.1, -0.05) is 41.3 Å². The summed E-state index contributed by atoms with van der Waals surface area (Å²) in [6, 6.07) is 6.54. The Morgan fingerprint density at radius 2 is 2.09 bits per heavy atom. The maximum absolute atomic E-state index is 11.6. The standard InChI is InChI=1S/C17H17BrN2O2S/c18-10-6-7-12-14(8-10)23-9-13-15(17(21)22)19-20(16(12)13)11-4-2-1-3-5-11/h6-8,11H,1-5,9H2,(H,21,22). The Balaban J connectivity index is 1.91. The van der Waals surface area contributed by atoms with Gasteiger partial charge in [0, 0.05) is 26.2 Å². The van der Waals surface area contributed by atoms with Crippen LogP contribution in [0.3, 0.4) is 0 Å². The van der Waals surface area contributed by atoms with Gasteiger partial charge in [-0.3, -0.25) is 4.68 Å². The number of fused-ring (bicyclic) bond motifs is 3. The molecule has 1 aromatic carbocycles. The molecule has 4 nitrogen and oxygen atoms in total. The number of benzene rings is 1. The summed E-state index contributed by atoms with van der Waals surface area (Å²) in [4.78, 5) is 12.8. The molecule has 0 spiro atoms. The van der Waals surface area contributed by atoms with Gasteiger partial charge in [-0.2, -0.15) is 5.10 Å². The molecule has 1 N–H and O–H groups in total. The molecule has 2 heterocycles. The Hall–Kier alpha value is -1.27. The fourth-order valence-corrected chi connectivity index (χ4v) is 5.23. The number of hydrogen-bond donors (Lipinski definition) is 1. The third-order valence-electron chi connectivity index (χ3n) is 4.70. The Labute approximate surface area is 147 Å². The molecular weight excluding hydrogens is 376 g/mol. The molecule has 4 rings (SSSR count). The molecule has 2 aliphatic rings. The molecule has 0 bridgehead atoms. The lowest BCUT2D eigenvalue weighted by Gasteiger charge is -2.26. The first-order valence-electron chi connectivity index (χ1n) is 7.92. The van der Waals surface area contributed by atoms with Crippen LogP contribution in [-0.2, 0) is 5.75 Å². The van der Waals surface area contributed by atoms with Crippen LogP contribution in [0.1, 0.15) is 54.2 Å². The largest absolute Gasteiger partial charge is 0.476 e. The molecule has 0 atom stereocenters. The van der Waals surface area contributed by atoms with E-state index in [4.69, 9.17) is 0 Å². The summed E-state index contributed by atoms with van der Waals surface area (Å²) < 4.78 is 3.07. The first-order chi connectivity index (χ1) is 11.1. The summed E-state index contributed by atoms with van der Waals surface area (Å²) in [5, 5.41) is 14.1. The molecule has 2 aromatic rings. The van der Waals surface area contributed by atoms with Gasteiger partial charge in [0.25, 0.3) is 0 Å². The Bertz CT molecular complexity index is 781. The van der Waals surface area contributed by atoms with E-state index in [1.807, 2.05) is 10.7 Å². The number of carboxylic acids is 1. The molecule has 0 saturated heterocycles. The molecule has 0 radical (unpaired) electrons. The third-order valence-corrected chi connectivity index (χ3v) is 6.28.